The first kappa shape index (κ1) is 13.9. The van der Waals surface area contributed by atoms with Crippen molar-refractivity contribution in [3.05, 3.63) is 10.4 Å². The van der Waals surface area contributed by atoms with E-state index in [0.717, 1.165) is 12.8 Å². The lowest BCUT2D eigenvalue weighted by Gasteiger charge is -2.07. The molecule has 0 radical (unpaired) electrons. The van der Waals surface area contributed by atoms with Gasteiger partial charge < -0.3 is 16.8 Å². The van der Waals surface area contributed by atoms with Crippen molar-refractivity contribution < 1.29 is 9.59 Å². The van der Waals surface area contributed by atoms with Crippen LogP contribution in [0.4, 0.5) is 10.7 Å². The average Bonchev–Trinajstić information content (AvgIpc) is 3.10. The van der Waals surface area contributed by atoms with Gasteiger partial charge in [0.25, 0.3) is 5.91 Å². The molecule has 0 atom stereocenters. The van der Waals surface area contributed by atoms with Crippen molar-refractivity contribution in [2.24, 2.45) is 17.6 Å². The Kier molecular flexibility index (Phi) is 3.80. The van der Waals surface area contributed by atoms with Crippen LogP contribution in [0.2, 0.25) is 0 Å². The van der Waals surface area contributed by atoms with E-state index in [4.69, 9.17) is 11.5 Å². The van der Waals surface area contributed by atoms with E-state index in [1.54, 1.807) is 0 Å². The van der Waals surface area contributed by atoms with E-state index in [1.165, 1.54) is 11.3 Å². The minimum Gasteiger partial charge on any atom is -0.397 e. The van der Waals surface area contributed by atoms with E-state index in [2.05, 4.69) is 19.2 Å². The number of amides is 1. The van der Waals surface area contributed by atoms with Crippen LogP contribution in [-0.2, 0) is 0 Å². The highest BCUT2D eigenvalue weighted by atomic mass is 32.1. The molecule has 0 saturated heterocycles. The van der Waals surface area contributed by atoms with Crippen LogP contribution in [0.3, 0.4) is 0 Å². The number of hydrogen-bond donors (Lipinski definition) is 3. The minimum atomic E-state index is -0.588. The maximum absolute atomic E-state index is 12.1. The molecule has 1 aromatic heterocycles. The van der Waals surface area contributed by atoms with Crippen molar-refractivity contribution >= 4 is 33.7 Å². The van der Waals surface area contributed by atoms with Crippen molar-refractivity contribution in [2.45, 2.75) is 26.7 Å². The number of anilines is 2. The van der Waals surface area contributed by atoms with E-state index in [9.17, 15) is 9.59 Å². The molecule has 1 heterocycles. The molecule has 0 aliphatic heterocycles. The lowest BCUT2D eigenvalue weighted by molar-refractivity contribution is 0.0972. The standard InChI is InChI=1S/C13H19N3O2S/c1-6(2)5-16-13-8(12(15)18)9(14)11(19-13)10(17)7-3-4-7/h6-7,16H,3-5,14H2,1-2H3,(H2,15,18). The molecule has 1 fully saturated rings. The fraction of sp³-hybridized carbons (Fsp3) is 0.538. The quantitative estimate of drug-likeness (QED) is 0.695. The van der Waals surface area contributed by atoms with Crippen molar-refractivity contribution in [3.63, 3.8) is 0 Å². The van der Waals surface area contributed by atoms with E-state index in [-0.39, 0.29) is 23.0 Å². The number of nitrogen functional groups attached to an aromatic ring is 1. The number of ketones is 1. The molecule has 1 amide bonds. The molecular formula is C13H19N3O2S. The average molecular weight is 281 g/mol. The third-order valence-corrected chi connectivity index (χ3v) is 4.21. The zero-order chi connectivity index (χ0) is 14.2. The Morgan fingerprint density at radius 1 is 1.42 bits per heavy atom. The third-order valence-electron chi connectivity index (χ3n) is 3.03. The van der Waals surface area contributed by atoms with Gasteiger partial charge in [-0.05, 0) is 18.8 Å². The van der Waals surface area contributed by atoms with Crippen molar-refractivity contribution in [1.29, 1.82) is 0 Å². The zero-order valence-electron chi connectivity index (χ0n) is 11.2. The number of hydrogen-bond acceptors (Lipinski definition) is 5. The molecule has 1 aromatic rings. The normalized spacial score (nSPS) is 14.7. The Balaban J connectivity index is 2.32. The molecule has 1 saturated carbocycles. The summed E-state index contributed by atoms with van der Waals surface area (Å²) in [4.78, 5) is 24.1. The SMILES string of the molecule is CC(C)CNc1sc(C(=O)C2CC2)c(N)c1C(N)=O. The molecule has 2 rings (SSSR count). The van der Waals surface area contributed by atoms with Gasteiger partial charge in [-0.3, -0.25) is 9.59 Å². The molecule has 0 aromatic carbocycles. The molecule has 104 valence electrons. The van der Waals surface area contributed by atoms with Gasteiger partial charge in [-0.1, -0.05) is 13.8 Å². The Labute approximate surface area is 116 Å². The number of rotatable bonds is 6. The van der Waals surface area contributed by atoms with Crippen LogP contribution < -0.4 is 16.8 Å². The van der Waals surface area contributed by atoms with E-state index >= 15 is 0 Å². The summed E-state index contributed by atoms with van der Waals surface area (Å²) in [7, 11) is 0. The van der Waals surface area contributed by atoms with Gasteiger partial charge in [0.1, 0.15) is 5.00 Å². The molecule has 5 N–H and O–H groups in total. The van der Waals surface area contributed by atoms with Crippen LogP contribution in [0, 0.1) is 11.8 Å². The molecule has 6 heteroatoms. The van der Waals surface area contributed by atoms with Gasteiger partial charge >= 0.3 is 0 Å². The predicted octanol–water partition coefficient (Wildman–Crippen LogP) is 2.09. The van der Waals surface area contributed by atoms with Crippen LogP contribution >= 0.6 is 11.3 Å². The minimum absolute atomic E-state index is 0.0441. The summed E-state index contributed by atoms with van der Waals surface area (Å²) >= 11 is 1.25. The number of carbonyl (C=O) groups excluding carboxylic acids is 2. The number of nitrogens with two attached hydrogens (primary N) is 2. The zero-order valence-corrected chi connectivity index (χ0v) is 12.0. The topological polar surface area (TPSA) is 98.2 Å². The highest BCUT2D eigenvalue weighted by Gasteiger charge is 2.34. The van der Waals surface area contributed by atoms with Crippen molar-refractivity contribution in [3.8, 4) is 0 Å². The Hall–Kier alpha value is -1.56. The molecule has 0 unspecified atom stereocenters. The highest BCUT2D eigenvalue weighted by Crippen LogP contribution is 2.41. The Morgan fingerprint density at radius 2 is 2.05 bits per heavy atom. The first-order valence-electron chi connectivity index (χ1n) is 6.42. The Morgan fingerprint density at radius 3 is 2.53 bits per heavy atom. The second-order valence-corrected chi connectivity index (χ2v) is 6.35. The molecule has 19 heavy (non-hydrogen) atoms. The molecule has 1 aliphatic rings. The van der Waals surface area contributed by atoms with Gasteiger partial charge in [-0.25, -0.2) is 0 Å². The lowest BCUT2D eigenvalue weighted by atomic mass is 10.1. The molecule has 0 spiro atoms. The number of primary amides is 1. The number of Topliss-reactive ketones (excluding diaryl/α,β-unsaturated/α-hetero) is 1. The van der Waals surface area contributed by atoms with Crippen LogP contribution in [0.25, 0.3) is 0 Å². The van der Waals surface area contributed by atoms with Gasteiger partial charge in [0, 0.05) is 12.5 Å². The fourth-order valence-electron chi connectivity index (χ4n) is 1.82. The fourth-order valence-corrected chi connectivity index (χ4v) is 2.98. The van der Waals surface area contributed by atoms with Gasteiger partial charge in [0.15, 0.2) is 5.78 Å². The summed E-state index contributed by atoms with van der Waals surface area (Å²) in [5.41, 5.74) is 11.8. The second-order valence-electron chi connectivity index (χ2n) is 5.33. The first-order chi connectivity index (χ1) is 8.91. The van der Waals surface area contributed by atoms with E-state index in [1.807, 2.05) is 0 Å². The summed E-state index contributed by atoms with van der Waals surface area (Å²) in [5, 5.41) is 3.77. The number of nitrogens with one attached hydrogen (secondary N) is 1. The van der Waals surface area contributed by atoms with Crippen LogP contribution in [0.5, 0.6) is 0 Å². The molecular weight excluding hydrogens is 262 g/mol. The van der Waals surface area contributed by atoms with Gasteiger partial charge in [0.2, 0.25) is 0 Å². The van der Waals surface area contributed by atoms with Gasteiger partial charge in [-0.15, -0.1) is 11.3 Å². The Bertz CT molecular complexity index is 518. The predicted molar refractivity (Wildman–Crippen MR) is 77.6 cm³/mol. The maximum atomic E-state index is 12.1. The molecule has 0 bridgehead atoms. The third kappa shape index (κ3) is 2.89. The smallest absolute Gasteiger partial charge is 0.253 e. The van der Waals surface area contributed by atoms with Gasteiger partial charge in [-0.2, -0.15) is 0 Å². The highest BCUT2D eigenvalue weighted by molar-refractivity contribution is 7.19. The summed E-state index contributed by atoms with van der Waals surface area (Å²) < 4.78 is 0. The van der Waals surface area contributed by atoms with E-state index in [0.29, 0.717) is 22.3 Å². The number of thiophene rings is 1. The van der Waals surface area contributed by atoms with Crippen LogP contribution in [0.15, 0.2) is 0 Å². The monoisotopic (exact) mass is 281 g/mol. The largest absolute Gasteiger partial charge is 0.397 e. The summed E-state index contributed by atoms with van der Waals surface area (Å²) in [6.07, 6.45) is 1.83. The van der Waals surface area contributed by atoms with E-state index < -0.39 is 5.91 Å². The lowest BCUT2D eigenvalue weighted by Crippen LogP contribution is -2.16. The van der Waals surface area contributed by atoms with Crippen molar-refractivity contribution in [2.75, 3.05) is 17.6 Å². The molecule has 5 nitrogen and oxygen atoms in total. The second kappa shape index (κ2) is 5.21. The van der Waals surface area contributed by atoms with Crippen molar-refractivity contribution in [1.82, 2.24) is 0 Å². The van der Waals surface area contributed by atoms with Crippen LogP contribution in [0.1, 0.15) is 46.7 Å². The van der Waals surface area contributed by atoms with Crippen LogP contribution in [-0.4, -0.2) is 18.2 Å². The summed E-state index contributed by atoms with van der Waals surface area (Å²) in [6.45, 7) is 4.83. The summed E-state index contributed by atoms with van der Waals surface area (Å²) in [5.74, 6) is -0.0382. The summed E-state index contributed by atoms with van der Waals surface area (Å²) in [6, 6.07) is 0. The first-order valence-corrected chi connectivity index (χ1v) is 7.23. The maximum Gasteiger partial charge on any atom is 0.253 e. The molecule has 1 aliphatic carbocycles. The number of carbonyl (C=O) groups is 2. The van der Waals surface area contributed by atoms with Gasteiger partial charge in [0.05, 0.1) is 16.1 Å².